The Morgan fingerprint density at radius 2 is 1.79 bits per heavy atom. The predicted molar refractivity (Wildman–Crippen MR) is 106 cm³/mol. The van der Waals surface area contributed by atoms with Gasteiger partial charge < -0.3 is 5.32 Å². The number of piperazine rings is 1. The van der Waals surface area contributed by atoms with E-state index in [1.165, 1.54) is 23.3 Å². The van der Waals surface area contributed by atoms with Crippen molar-refractivity contribution < 1.29 is 13.6 Å². The van der Waals surface area contributed by atoms with Crippen molar-refractivity contribution in [3.63, 3.8) is 0 Å². The number of nitrogens with one attached hydrogen (secondary N) is 1. The fourth-order valence-corrected chi connectivity index (χ4v) is 3.59. The van der Waals surface area contributed by atoms with Crippen molar-refractivity contribution in [3.05, 3.63) is 70.8 Å². The molecule has 6 heteroatoms. The third-order valence-electron chi connectivity index (χ3n) is 5.13. The van der Waals surface area contributed by atoms with E-state index in [4.69, 9.17) is 0 Å². The molecule has 1 aliphatic heterocycles. The first-order valence-corrected chi connectivity index (χ1v) is 9.65. The third kappa shape index (κ3) is 5.59. The Hall–Kier alpha value is -2.31. The van der Waals surface area contributed by atoms with Crippen molar-refractivity contribution in [2.24, 2.45) is 0 Å². The Morgan fingerprint density at radius 1 is 1.07 bits per heavy atom. The first-order chi connectivity index (χ1) is 13.4. The van der Waals surface area contributed by atoms with Gasteiger partial charge in [-0.05, 0) is 25.5 Å². The highest BCUT2D eigenvalue weighted by Crippen LogP contribution is 2.17. The van der Waals surface area contributed by atoms with Crippen LogP contribution in [0.2, 0.25) is 0 Å². The van der Waals surface area contributed by atoms with Crippen LogP contribution in [0.15, 0.2) is 42.5 Å². The lowest BCUT2D eigenvalue weighted by molar-refractivity contribution is -0.123. The van der Waals surface area contributed by atoms with E-state index in [0.717, 1.165) is 38.8 Å². The fraction of sp³-hybridized carbons (Fsp3) is 0.409. The highest BCUT2D eigenvalue weighted by atomic mass is 19.1. The predicted octanol–water partition coefficient (Wildman–Crippen LogP) is 3.27. The molecular formula is C22H27F2N3O. The third-order valence-corrected chi connectivity index (χ3v) is 5.13. The van der Waals surface area contributed by atoms with Crippen molar-refractivity contribution in [2.75, 3.05) is 32.7 Å². The summed E-state index contributed by atoms with van der Waals surface area (Å²) in [7, 11) is 0. The maximum absolute atomic E-state index is 13.8. The molecule has 0 unspecified atom stereocenters. The van der Waals surface area contributed by atoms with Crippen LogP contribution in [0.3, 0.4) is 0 Å². The monoisotopic (exact) mass is 387 g/mol. The molecule has 0 radical (unpaired) electrons. The van der Waals surface area contributed by atoms with E-state index in [1.54, 1.807) is 6.92 Å². The number of hydrogen-bond donors (Lipinski definition) is 1. The maximum atomic E-state index is 13.8. The fourth-order valence-electron chi connectivity index (χ4n) is 3.59. The molecule has 3 rings (SSSR count). The molecule has 1 heterocycles. The van der Waals surface area contributed by atoms with Gasteiger partial charge in [-0.25, -0.2) is 8.78 Å². The van der Waals surface area contributed by atoms with Crippen LogP contribution < -0.4 is 5.32 Å². The van der Waals surface area contributed by atoms with Crippen molar-refractivity contribution >= 4 is 5.91 Å². The van der Waals surface area contributed by atoms with E-state index < -0.39 is 17.7 Å². The lowest BCUT2D eigenvalue weighted by Gasteiger charge is -2.34. The zero-order valence-electron chi connectivity index (χ0n) is 16.4. The summed E-state index contributed by atoms with van der Waals surface area (Å²) in [6.07, 6.45) is 0. The number of halogens is 2. The molecule has 1 atom stereocenters. The Bertz CT molecular complexity index is 819. The smallest absolute Gasteiger partial charge is 0.234 e. The van der Waals surface area contributed by atoms with Crippen LogP contribution in [-0.4, -0.2) is 48.4 Å². The van der Waals surface area contributed by atoms with Gasteiger partial charge in [0.15, 0.2) is 0 Å². The van der Waals surface area contributed by atoms with Gasteiger partial charge in [0.05, 0.1) is 12.6 Å². The SMILES string of the molecule is Cc1cccc(CN2CCN(CC(=O)N[C@H](C)c3ccc(F)cc3F)CC2)c1. The largest absolute Gasteiger partial charge is 0.348 e. The second-order valence-electron chi connectivity index (χ2n) is 7.50. The topological polar surface area (TPSA) is 35.6 Å². The van der Waals surface area contributed by atoms with Gasteiger partial charge in [0, 0.05) is 44.4 Å². The van der Waals surface area contributed by atoms with Gasteiger partial charge in [0.25, 0.3) is 0 Å². The van der Waals surface area contributed by atoms with Crippen LogP contribution in [0.4, 0.5) is 8.78 Å². The molecule has 0 aromatic heterocycles. The van der Waals surface area contributed by atoms with E-state index in [0.29, 0.717) is 0 Å². The van der Waals surface area contributed by atoms with E-state index in [9.17, 15) is 13.6 Å². The number of nitrogens with zero attached hydrogens (tertiary/aromatic N) is 2. The van der Waals surface area contributed by atoms with Crippen LogP contribution in [0.25, 0.3) is 0 Å². The molecule has 2 aromatic carbocycles. The molecule has 28 heavy (non-hydrogen) atoms. The maximum Gasteiger partial charge on any atom is 0.234 e. The van der Waals surface area contributed by atoms with E-state index in [2.05, 4.69) is 46.3 Å². The standard InChI is InChI=1S/C22H27F2N3O/c1-16-4-3-5-18(12-16)14-26-8-10-27(11-9-26)15-22(28)25-17(2)20-7-6-19(23)13-21(20)24/h3-7,12-13,17H,8-11,14-15H2,1-2H3,(H,25,28)/t17-/m1/s1. The minimum absolute atomic E-state index is 0.150. The average Bonchev–Trinajstić information content (AvgIpc) is 2.63. The first kappa shape index (κ1) is 20.4. The zero-order chi connectivity index (χ0) is 20.1. The number of carbonyl (C=O) groups is 1. The summed E-state index contributed by atoms with van der Waals surface area (Å²) in [5, 5.41) is 2.80. The van der Waals surface area contributed by atoms with Gasteiger partial charge >= 0.3 is 0 Å². The molecule has 0 bridgehead atoms. The summed E-state index contributed by atoms with van der Waals surface area (Å²) in [4.78, 5) is 16.8. The number of rotatable bonds is 6. The van der Waals surface area contributed by atoms with E-state index in [-0.39, 0.29) is 18.0 Å². The molecule has 1 N–H and O–H groups in total. The number of hydrogen-bond acceptors (Lipinski definition) is 3. The summed E-state index contributed by atoms with van der Waals surface area (Å²) in [6, 6.07) is 11.4. The highest BCUT2D eigenvalue weighted by Gasteiger charge is 2.20. The van der Waals surface area contributed by atoms with Gasteiger partial charge in [0.2, 0.25) is 5.91 Å². The summed E-state index contributed by atoms with van der Waals surface area (Å²) in [5.41, 5.74) is 2.86. The molecule has 150 valence electrons. The van der Waals surface area contributed by atoms with Crippen LogP contribution in [0.1, 0.15) is 29.7 Å². The first-order valence-electron chi connectivity index (χ1n) is 9.65. The van der Waals surface area contributed by atoms with Gasteiger partial charge in [0.1, 0.15) is 11.6 Å². The lowest BCUT2D eigenvalue weighted by Crippen LogP contribution is -2.49. The lowest BCUT2D eigenvalue weighted by atomic mass is 10.1. The van der Waals surface area contributed by atoms with Crippen LogP contribution in [0.5, 0.6) is 0 Å². The summed E-state index contributed by atoms with van der Waals surface area (Å²) < 4.78 is 26.9. The van der Waals surface area contributed by atoms with Crippen LogP contribution in [-0.2, 0) is 11.3 Å². The molecular weight excluding hydrogens is 360 g/mol. The molecule has 2 aromatic rings. The second-order valence-corrected chi connectivity index (χ2v) is 7.50. The van der Waals surface area contributed by atoms with Gasteiger partial charge in [-0.15, -0.1) is 0 Å². The Kier molecular flexibility index (Phi) is 6.75. The quantitative estimate of drug-likeness (QED) is 0.826. The Morgan fingerprint density at radius 3 is 2.46 bits per heavy atom. The van der Waals surface area contributed by atoms with Gasteiger partial charge in [-0.2, -0.15) is 0 Å². The Labute approximate surface area is 165 Å². The molecule has 4 nitrogen and oxygen atoms in total. The molecule has 1 aliphatic rings. The summed E-state index contributed by atoms with van der Waals surface area (Å²) in [5.74, 6) is -1.41. The van der Waals surface area contributed by atoms with Crippen LogP contribution >= 0.6 is 0 Å². The molecule has 0 aliphatic carbocycles. The van der Waals surface area contributed by atoms with E-state index >= 15 is 0 Å². The summed E-state index contributed by atoms with van der Waals surface area (Å²) in [6.45, 7) is 8.45. The van der Waals surface area contributed by atoms with Crippen molar-refractivity contribution in [1.82, 2.24) is 15.1 Å². The second kappa shape index (κ2) is 9.26. The molecule has 0 saturated carbocycles. The van der Waals surface area contributed by atoms with Crippen molar-refractivity contribution in [1.29, 1.82) is 0 Å². The minimum atomic E-state index is -0.641. The number of carbonyl (C=O) groups excluding carboxylic acids is 1. The molecule has 1 amide bonds. The number of amides is 1. The van der Waals surface area contributed by atoms with Gasteiger partial charge in [-0.3, -0.25) is 14.6 Å². The van der Waals surface area contributed by atoms with E-state index in [1.807, 2.05) is 0 Å². The molecule has 1 saturated heterocycles. The minimum Gasteiger partial charge on any atom is -0.348 e. The van der Waals surface area contributed by atoms with Crippen molar-refractivity contribution in [2.45, 2.75) is 26.4 Å². The normalized spacial score (nSPS) is 16.7. The number of aryl methyl sites for hydroxylation is 1. The van der Waals surface area contributed by atoms with Gasteiger partial charge in [-0.1, -0.05) is 35.9 Å². The zero-order valence-corrected chi connectivity index (χ0v) is 16.4. The highest BCUT2D eigenvalue weighted by molar-refractivity contribution is 5.78. The molecule has 0 spiro atoms. The molecule has 1 fully saturated rings. The number of benzene rings is 2. The summed E-state index contributed by atoms with van der Waals surface area (Å²) >= 11 is 0. The average molecular weight is 387 g/mol. The Balaban J connectivity index is 1.44. The van der Waals surface area contributed by atoms with Crippen LogP contribution in [0, 0.1) is 18.6 Å². The van der Waals surface area contributed by atoms with Crippen molar-refractivity contribution in [3.8, 4) is 0 Å².